The van der Waals surface area contributed by atoms with Gasteiger partial charge in [-0.1, -0.05) is 0 Å². The zero-order valence-electron chi connectivity index (χ0n) is 7.12. The summed E-state index contributed by atoms with van der Waals surface area (Å²) in [4.78, 5) is 23.2. The highest BCUT2D eigenvalue weighted by atomic mass is 16.3. The van der Waals surface area contributed by atoms with Crippen LogP contribution in [0.5, 0.6) is 0 Å². The average molecular weight is 171 g/mol. The van der Waals surface area contributed by atoms with Crippen LogP contribution >= 0.6 is 0 Å². The minimum atomic E-state index is -0.355. The molecule has 0 atom stereocenters. The van der Waals surface area contributed by atoms with E-state index in [2.05, 4.69) is 0 Å². The molecular weight excluding hydrogens is 158 g/mol. The van der Waals surface area contributed by atoms with Crippen molar-refractivity contribution < 1.29 is 14.7 Å². The first kappa shape index (κ1) is 9.19. The second kappa shape index (κ2) is 3.67. The lowest BCUT2D eigenvalue weighted by molar-refractivity contribution is -0.142. The van der Waals surface area contributed by atoms with Crippen molar-refractivity contribution >= 4 is 11.7 Å². The predicted molar refractivity (Wildman–Crippen MR) is 42.5 cm³/mol. The number of likely N-dealkylation sites (tertiary alicyclic amines) is 1. The zero-order valence-corrected chi connectivity index (χ0v) is 7.12. The van der Waals surface area contributed by atoms with E-state index in [1.165, 1.54) is 6.92 Å². The fraction of sp³-hybridized carbons (Fsp3) is 0.750. The van der Waals surface area contributed by atoms with Crippen LogP contribution in [0.1, 0.15) is 19.8 Å². The molecule has 0 radical (unpaired) electrons. The van der Waals surface area contributed by atoms with Crippen molar-refractivity contribution in [3.8, 4) is 0 Å². The van der Waals surface area contributed by atoms with Crippen LogP contribution in [0, 0.1) is 0 Å². The van der Waals surface area contributed by atoms with E-state index in [-0.39, 0.29) is 24.2 Å². The first-order valence-corrected chi connectivity index (χ1v) is 4.05. The van der Waals surface area contributed by atoms with Crippen molar-refractivity contribution in [3.05, 3.63) is 0 Å². The number of hydrogen-bond donors (Lipinski definition) is 1. The molecule has 12 heavy (non-hydrogen) atoms. The summed E-state index contributed by atoms with van der Waals surface area (Å²) in [5.41, 5.74) is 0. The van der Waals surface area contributed by atoms with Gasteiger partial charge >= 0.3 is 0 Å². The van der Waals surface area contributed by atoms with E-state index in [9.17, 15) is 9.59 Å². The van der Waals surface area contributed by atoms with Gasteiger partial charge in [-0.05, 0) is 6.92 Å². The van der Waals surface area contributed by atoms with Crippen LogP contribution in [0.25, 0.3) is 0 Å². The highest BCUT2D eigenvalue weighted by molar-refractivity contribution is 5.84. The molecule has 1 rings (SSSR count). The van der Waals surface area contributed by atoms with Gasteiger partial charge in [0.05, 0.1) is 6.10 Å². The van der Waals surface area contributed by atoms with Gasteiger partial charge in [-0.15, -0.1) is 0 Å². The van der Waals surface area contributed by atoms with E-state index >= 15 is 0 Å². The number of aliphatic hydroxyl groups is 1. The van der Waals surface area contributed by atoms with Gasteiger partial charge in [0.25, 0.3) is 0 Å². The van der Waals surface area contributed by atoms with Gasteiger partial charge in [0.15, 0.2) is 0 Å². The molecule has 4 nitrogen and oxygen atoms in total. The molecule has 0 unspecified atom stereocenters. The molecule has 4 heteroatoms. The molecule has 68 valence electrons. The second-order valence-corrected chi connectivity index (χ2v) is 3.15. The third-order valence-corrected chi connectivity index (χ3v) is 1.91. The lowest BCUT2D eigenvalue weighted by Crippen LogP contribution is -2.53. The number of carbonyl (C=O) groups is 2. The molecule has 1 aliphatic heterocycles. The normalized spacial score (nSPS) is 17.3. The Hall–Kier alpha value is -0.900. The van der Waals surface area contributed by atoms with Crippen molar-refractivity contribution in [2.24, 2.45) is 0 Å². The number of amides is 1. The summed E-state index contributed by atoms with van der Waals surface area (Å²) < 4.78 is 0. The molecule has 1 amide bonds. The smallest absolute Gasteiger partial charge is 0.223 e. The highest BCUT2D eigenvalue weighted by Crippen LogP contribution is 2.09. The van der Waals surface area contributed by atoms with Gasteiger partial charge in [-0.3, -0.25) is 4.79 Å². The summed E-state index contributed by atoms with van der Waals surface area (Å²) in [6.07, 6.45) is 0.235. The molecule has 0 aromatic rings. The van der Waals surface area contributed by atoms with E-state index in [0.29, 0.717) is 19.5 Å². The van der Waals surface area contributed by atoms with E-state index in [1.807, 2.05) is 0 Å². The number of aliphatic hydroxyl groups excluding tert-OH is 1. The summed E-state index contributed by atoms with van der Waals surface area (Å²) in [5.74, 6) is -0.0000723. The van der Waals surface area contributed by atoms with Crippen LogP contribution in [0.4, 0.5) is 0 Å². The van der Waals surface area contributed by atoms with E-state index in [0.717, 1.165) is 0 Å². The Balaban J connectivity index is 2.17. The number of Topliss-reactive ketones (excluding diaryl/α,β-unsaturated/α-hetero) is 1. The predicted octanol–water partition coefficient (Wildman–Crippen LogP) is -0.441. The standard InChI is InChI=1S/C8H13NO3/c1-6(10)2-3-8(12)9-4-7(11)5-9/h7,11H,2-5H2,1H3. The highest BCUT2D eigenvalue weighted by Gasteiger charge is 2.28. The molecule has 0 bridgehead atoms. The van der Waals surface area contributed by atoms with Gasteiger partial charge in [0, 0.05) is 25.9 Å². The molecule has 0 aromatic carbocycles. The van der Waals surface area contributed by atoms with E-state index in [1.54, 1.807) is 4.90 Å². The Labute approximate surface area is 71.2 Å². The maximum atomic E-state index is 11.1. The van der Waals surface area contributed by atoms with Gasteiger partial charge in [0.2, 0.25) is 5.91 Å². The van der Waals surface area contributed by atoms with Gasteiger partial charge < -0.3 is 14.8 Å². The first-order valence-electron chi connectivity index (χ1n) is 4.05. The Morgan fingerprint density at radius 1 is 1.42 bits per heavy atom. The summed E-state index contributed by atoms with van der Waals surface area (Å²) >= 11 is 0. The average Bonchev–Trinajstić information content (AvgIpc) is 1.94. The zero-order chi connectivity index (χ0) is 9.14. The molecule has 0 aromatic heterocycles. The minimum absolute atomic E-state index is 0.0319. The first-order chi connectivity index (χ1) is 5.59. The van der Waals surface area contributed by atoms with Crippen molar-refractivity contribution in [2.75, 3.05) is 13.1 Å². The van der Waals surface area contributed by atoms with Crippen molar-refractivity contribution in [2.45, 2.75) is 25.9 Å². The molecule has 0 aliphatic carbocycles. The van der Waals surface area contributed by atoms with Crippen molar-refractivity contribution in [3.63, 3.8) is 0 Å². The van der Waals surface area contributed by atoms with E-state index < -0.39 is 0 Å². The Morgan fingerprint density at radius 3 is 2.42 bits per heavy atom. The fourth-order valence-corrected chi connectivity index (χ4v) is 1.10. The van der Waals surface area contributed by atoms with Gasteiger partial charge in [-0.2, -0.15) is 0 Å². The Bertz CT molecular complexity index is 196. The maximum Gasteiger partial charge on any atom is 0.223 e. The molecule has 0 saturated carbocycles. The second-order valence-electron chi connectivity index (χ2n) is 3.15. The summed E-state index contributed by atoms with van der Waals surface area (Å²) in [6, 6.07) is 0. The summed E-state index contributed by atoms with van der Waals surface area (Å²) in [7, 11) is 0. The maximum absolute atomic E-state index is 11.1. The number of carbonyl (C=O) groups excluding carboxylic acids is 2. The fourth-order valence-electron chi connectivity index (χ4n) is 1.10. The van der Waals surface area contributed by atoms with Crippen LogP contribution in [-0.4, -0.2) is 40.9 Å². The third-order valence-electron chi connectivity index (χ3n) is 1.91. The largest absolute Gasteiger partial charge is 0.389 e. The Morgan fingerprint density at radius 2 is 2.00 bits per heavy atom. The quantitative estimate of drug-likeness (QED) is 0.626. The molecule has 1 fully saturated rings. The van der Waals surface area contributed by atoms with Crippen molar-refractivity contribution in [1.82, 2.24) is 4.90 Å². The van der Waals surface area contributed by atoms with E-state index in [4.69, 9.17) is 5.11 Å². The van der Waals surface area contributed by atoms with Crippen LogP contribution < -0.4 is 0 Å². The Kier molecular flexibility index (Phi) is 2.81. The van der Waals surface area contributed by atoms with Crippen LogP contribution in [0.2, 0.25) is 0 Å². The topological polar surface area (TPSA) is 57.6 Å². The number of β-amino-alcohol motifs (C(OH)–C–C–N with tert-alkyl or cyclic N) is 1. The molecule has 0 spiro atoms. The number of nitrogens with zero attached hydrogens (tertiary/aromatic N) is 1. The number of ketones is 1. The van der Waals surface area contributed by atoms with Crippen molar-refractivity contribution in [1.29, 1.82) is 0 Å². The van der Waals surface area contributed by atoms with Gasteiger partial charge in [-0.25, -0.2) is 0 Å². The molecular formula is C8H13NO3. The summed E-state index contributed by atoms with van der Waals surface area (Å²) in [5, 5.41) is 8.88. The lowest BCUT2D eigenvalue weighted by Gasteiger charge is -2.35. The summed E-state index contributed by atoms with van der Waals surface area (Å²) in [6.45, 7) is 2.33. The van der Waals surface area contributed by atoms with Crippen LogP contribution in [0.3, 0.4) is 0 Å². The van der Waals surface area contributed by atoms with Crippen LogP contribution in [-0.2, 0) is 9.59 Å². The molecule has 1 saturated heterocycles. The molecule has 1 N–H and O–H groups in total. The molecule has 1 aliphatic rings. The molecule has 1 heterocycles. The minimum Gasteiger partial charge on any atom is -0.389 e. The monoisotopic (exact) mass is 171 g/mol. The number of hydrogen-bond acceptors (Lipinski definition) is 3. The SMILES string of the molecule is CC(=O)CCC(=O)N1CC(O)C1. The van der Waals surface area contributed by atoms with Crippen LogP contribution in [0.15, 0.2) is 0 Å². The van der Waals surface area contributed by atoms with Gasteiger partial charge in [0.1, 0.15) is 5.78 Å². The number of rotatable bonds is 3. The lowest BCUT2D eigenvalue weighted by atomic mass is 10.1. The third kappa shape index (κ3) is 2.30.